The maximum Gasteiger partial charge on any atom is 0.416 e. The molecule has 5 nitrogen and oxygen atoms in total. The predicted octanol–water partition coefficient (Wildman–Crippen LogP) is 6.63. The minimum Gasteiger partial charge on any atom is -0.322 e. The molecule has 0 saturated carbocycles. The van der Waals surface area contributed by atoms with Gasteiger partial charge in [0.2, 0.25) is 0 Å². The topological polar surface area (TPSA) is 61.8 Å². The number of hydrogen-bond acceptors (Lipinski definition) is 3. The minimum atomic E-state index is -4.52. The lowest BCUT2D eigenvalue weighted by Gasteiger charge is -2.16. The van der Waals surface area contributed by atoms with Crippen molar-refractivity contribution in [2.45, 2.75) is 12.7 Å². The van der Waals surface area contributed by atoms with Crippen molar-refractivity contribution < 1.29 is 22.8 Å². The Morgan fingerprint density at radius 1 is 0.838 bits per heavy atom. The Balaban J connectivity index is 1.41. The second-order valence-corrected chi connectivity index (χ2v) is 8.44. The number of carbonyl (C=O) groups is 2. The fraction of sp³-hybridized carbons (Fsp3) is 0.0690. The molecule has 1 aliphatic heterocycles. The molecule has 0 bridgehead atoms. The van der Waals surface area contributed by atoms with Gasteiger partial charge in [0.25, 0.3) is 11.8 Å². The largest absolute Gasteiger partial charge is 0.416 e. The van der Waals surface area contributed by atoms with Gasteiger partial charge in [-0.15, -0.1) is 0 Å². The van der Waals surface area contributed by atoms with Crippen LogP contribution in [0.3, 0.4) is 0 Å². The fourth-order valence-electron chi connectivity index (χ4n) is 4.12. The Hall–Kier alpha value is -4.72. The first-order chi connectivity index (χ1) is 17.8. The van der Waals surface area contributed by atoms with Gasteiger partial charge in [0.05, 0.1) is 23.5 Å². The summed E-state index contributed by atoms with van der Waals surface area (Å²) in [4.78, 5) is 32.4. The van der Waals surface area contributed by atoms with Crippen molar-refractivity contribution >= 4 is 34.6 Å². The van der Waals surface area contributed by atoms with Gasteiger partial charge in [-0.05, 0) is 48.0 Å². The molecule has 4 aromatic rings. The first kappa shape index (κ1) is 24.0. The molecule has 0 atom stereocenters. The summed E-state index contributed by atoms with van der Waals surface area (Å²) in [6.45, 7) is 0.384. The number of anilines is 2. The summed E-state index contributed by atoms with van der Waals surface area (Å²) in [7, 11) is 0. The number of amides is 2. The normalized spacial score (nSPS) is 14.1. The molecule has 1 aliphatic rings. The standard InChI is InChI=1S/C29H20F3N3O2/c30-29(31,32)21-11-7-13-23(17-21)34-27(36)20-10-6-12-22(16-20)33-26-24-14-4-5-15-25(24)35(28(26)37)18-19-8-2-1-3-9-19/h1-17H,18H2,(H,34,36). The van der Waals surface area contributed by atoms with Crippen molar-refractivity contribution in [3.05, 3.63) is 125 Å². The summed E-state index contributed by atoms with van der Waals surface area (Å²) in [5, 5.41) is 2.49. The lowest BCUT2D eigenvalue weighted by atomic mass is 10.1. The fourth-order valence-corrected chi connectivity index (χ4v) is 4.12. The summed E-state index contributed by atoms with van der Waals surface area (Å²) < 4.78 is 39.0. The van der Waals surface area contributed by atoms with Gasteiger partial charge in [-0.2, -0.15) is 13.2 Å². The average molecular weight is 499 g/mol. The number of hydrogen-bond donors (Lipinski definition) is 1. The van der Waals surface area contributed by atoms with Gasteiger partial charge in [-0.1, -0.05) is 60.7 Å². The van der Waals surface area contributed by atoms with Crippen molar-refractivity contribution in [2.24, 2.45) is 4.99 Å². The molecule has 0 radical (unpaired) electrons. The second kappa shape index (κ2) is 9.73. The molecule has 0 unspecified atom stereocenters. The first-order valence-electron chi connectivity index (χ1n) is 11.4. The predicted molar refractivity (Wildman–Crippen MR) is 136 cm³/mol. The van der Waals surface area contributed by atoms with Crippen molar-refractivity contribution in [1.29, 1.82) is 0 Å². The zero-order valence-electron chi connectivity index (χ0n) is 19.4. The van der Waals surface area contributed by atoms with Crippen molar-refractivity contribution in [1.82, 2.24) is 0 Å². The zero-order chi connectivity index (χ0) is 26.0. The van der Waals surface area contributed by atoms with Crippen LogP contribution in [0.15, 0.2) is 108 Å². The van der Waals surface area contributed by atoms with E-state index >= 15 is 0 Å². The van der Waals surface area contributed by atoms with Crippen LogP contribution >= 0.6 is 0 Å². The molecule has 2 amide bonds. The molecule has 8 heteroatoms. The van der Waals surface area contributed by atoms with Gasteiger partial charge in [-0.3, -0.25) is 9.59 Å². The number of para-hydroxylation sites is 1. The van der Waals surface area contributed by atoms with Gasteiger partial charge in [-0.25, -0.2) is 4.99 Å². The van der Waals surface area contributed by atoms with Crippen LogP contribution in [-0.4, -0.2) is 17.5 Å². The van der Waals surface area contributed by atoms with E-state index in [0.29, 0.717) is 17.8 Å². The van der Waals surface area contributed by atoms with Crippen LogP contribution in [0, 0.1) is 0 Å². The minimum absolute atomic E-state index is 0.0213. The highest BCUT2D eigenvalue weighted by atomic mass is 19.4. The molecule has 4 aromatic carbocycles. The van der Waals surface area contributed by atoms with Crippen LogP contribution in [-0.2, 0) is 17.5 Å². The highest BCUT2D eigenvalue weighted by molar-refractivity contribution is 6.54. The Bertz CT molecular complexity index is 1510. The molecule has 1 N–H and O–H groups in total. The molecule has 37 heavy (non-hydrogen) atoms. The summed E-state index contributed by atoms with van der Waals surface area (Å²) in [6, 6.07) is 27.7. The molecule has 0 aliphatic carbocycles. The van der Waals surface area contributed by atoms with Crippen LogP contribution in [0.2, 0.25) is 0 Å². The summed E-state index contributed by atoms with van der Waals surface area (Å²) >= 11 is 0. The molecule has 0 fully saturated rings. The number of nitrogens with one attached hydrogen (secondary N) is 1. The smallest absolute Gasteiger partial charge is 0.322 e. The maximum atomic E-state index is 13.4. The Kier molecular flexibility index (Phi) is 6.31. The van der Waals surface area contributed by atoms with Crippen molar-refractivity contribution in [3.8, 4) is 0 Å². The summed E-state index contributed by atoms with van der Waals surface area (Å²) in [5.74, 6) is -0.853. The van der Waals surface area contributed by atoms with E-state index in [1.54, 1.807) is 17.0 Å². The molecule has 184 valence electrons. The number of carbonyl (C=O) groups excluding carboxylic acids is 2. The van der Waals surface area contributed by atoms with Gasteiger partial charge >= 0.3 is 6.18 Å². The molecule has 0 saturated heterocycles. The number of rotatable bonds is 5. The van der Waals surface area contributed by atoms with E-state index in [4.69, 9.17) is 0 Å². The third-order valence-corrected chi connectivity index (χ3v) is 5.88. The van der Waals surface area contributed by atoms with E-state index in [1.807, 2.05) is 54.6 Å². The third kappa shape index (κ3) is 5.13. The summed E-state index contributed by atoms with van der Waals surface area (Å²) in [5.41, 5.74) is 2.38. The van der Waals surface area contributed by atoms with E-state index < -0.39 is 17.6 Å². The molecule has 0 aromatic heterocycles. The van der Waals surface area contributed by atoms with Gasteiger partial charge in [0.15, 0.2) is 0 Å². The number of alkyl halides is 3. The molecule has 5 rings (SSSR count). The Morgan fingerprint density at radius 2 is 1.57 bits per heavy atom. The quantitative estimate of drug-likeness (QED) is 0.335. The van der Waals surface area contributed by atoms with E-state index in [9.17, 15) is 22.8 Å². The van der Waals surface area contributed by atoms with Crippen LogP contribution in [0.1, 0.15) is 27.0 Å². The van der Waals surface area contributed by atoms with Crippen LogP contribution < -0.4 is 10.2 Å². The van der Waals surface area contributed by atoms with E-state index in [0.717, 1.165) is 23.4 Å². The molecular formula is C29H20F3N3O2. The highest BCUT2D eigenvalue weighted by Crippen LogP contribution is 2.33. The van der Waals surface area contributed by atoms with Crippen LogP contribution in [0.4, 0.5) is 30.2 Å². The molecular weight excluding hydrogens is 479 g/mol. The molecule has 1 heterocycles. The number of benzene rings is 4. The van der Waals surface area contributed by atoms with E-state index in [-0.39, 0.29) is 22.9 Å². The van der Waals surface area contributed by atoms with Gasteiger partial charge in [0, 0.05) is 16.8 Å². The lowest BCUT2D eigenvalue weighted by molar-refractivity contribution is -0.137. The Morgan fingerprint density at radius 3 is 2.35 bits per heavy atom. The van der Waals surface area contributed by atoms with E-state index in [1.165, 1.54) is 24.3 Å². The Labute approximate surface area is 210 Å². The first-order valence-corrected chi connectivity index (χ1v) is 11.4. The summed E-state index contributed by atoms with van der Waals surface area (Å²) in [6.07, 6.45) is -4.52. The molecule has 0 spiro atoms. The third-order valence-electron chi connectivity index (χ3n) is 5.88. The van der Waals surface area contributed by atoms with Crippen LogP contribution in [0.5, 0.6) is 0 Å². The zero-order valence-corrected chi connectivity index (χ0v) is 19.4. The number of halogens is 3. The van der Waals surface area contributed by atoms with Crippen molar-refractivity contribution in [3.63, 3.8) is 0 Å². The van der Waals surface area contributed by atoms with Gasteiger partial charge < -0.3 is 10.2 Å². The monoisotopic (exact) mass is 499 g/mol. The average Bonchev–Trinajstić information content (AvgIpc) is 3.15. The second-order valence-electron chi connectivity index (χ2n) is 8.44. The van der Waals surface area contributed by atoms with Gasteiger partial charge in [0.1, 0.15) is 5.71 Å². The highest BCUT2D eigenvalue weighted by Gasteiger charge is 2.34. The lowest BCUT2D eigenvalue weighted by Crippen LogP contribution is -2.29. The number of nitrogens with zero attached hydrogens (tertiary/aromatic N) is 2. The number of aliphatic imine (C=N–C) groups is 1. The van der Waals surface area contributed by atoms with Crippen molar-refractivity contribution in [2.75, 3.05) is 10.2 Å². The van der Waals surface area contributed by atoms with E-state index in [2.05, 4.69) is 10.3 Å². The SMILES string of the molecule is O=C(Nc1cccc(C(F)(F)F)c1)c1cccc(N=C2C(=O)N(Cc3ccccc3)c3ccccc32)c1. The maximum absolute atomic E-state index is 13.4. The number of fused-ring (bicyclic) bond motifs is 1. The van der Waals surface area contributed by atoms with Crippen LogP contribution in [0.25, 0.3) is 0 Å².